The van der Waals surface area contributed by atoms with Crippen LogP contribution >= 0.6 is 0 Å². The van der Waals surface area contributed by atoms with Gasteiger partial charge in [0.25, 0.3) is 5.91 Å². The number of aryl methyl sites for hydroxylation is 2. The fraction of sp³-hybridized carbons (Fsp3) is 0.444. The first-order chi connectivity index (χ1) is 11.4. The van der Waals surface area contributed by atoms with E-state index in [-0.39, 0.29) is 24.5 Å². The smallest absolute Gasteiger partial charge is 0.251 e. The Bertz CT molecular complexity index is 659. The monoisotopic (exact) mass is 332 g/mol. The number of aromatic nitrogens is 1. The molecule has 0 aliphatic carbocycles. The highest BCUT2D eigenvalue weighted by molar-refractivity contribution is 5.94. The van der Waals surface area contributed by atoms with Crippen LogP contribution < -0.4 is 10.1 Å². The maximum absolute atomic E-state index is 12.2. The number of aliphatic hydroxyl groups is 1. The summed E-state index contributed by atoms with van der Waals surface area (Å²) in [7, 11) is 0. The van der Waals surface area contributed by atoms with E-state index in [1.807, 2.05) is 27.7 Å². The predicted octanol–water partition coefficient (Wildman–Crippen LogP) is 2.62. The van der Waals surface area contributed by atoms with Crippen molar-refractivity contribution in [1.82, 2.24) is 10.5 Å². The Balaban J connectivity index is 1.94. The highest BCUT2D eigenvalue weighted by atomic mass is 16.5. The second kappa shape index (κ2) is 7.97. The predicted molar refractivity (Wildman–Crippen MR) is 89.9 cm³/mol. The van der Waals surface area contributed by atoms with E-state index in [1.54, 1.807) is 24.3 Å². The summed E-state index contributed by atoms with van der Waals surface area (Å²) in [6, 6.07) is 6.85. The van der Waals surface area contributed by atoms with Crippen LogP contribution in [0, 0.1) is 19.8 Å². The molecule has 0 fully saturated rings. The van der Waals surface area contributed by atoms with E-state index in [2.05, 4.69) is 10.5 Å². The van der Waals surface area contributed by atoms with E-state index < -0.39 is 0 Å². The molecule has 2 unspecified atom stereocenters. The Hall–Kier alpha value is -2.34. The molecular weight excluding hydrogens is 308 g/mol. The number of carbonyl (C=O) groups excluding carboxylic acids is 1. The van der Waals surface area contributed by atoms with Crippen LogP contribution in [0.15, 0.2) is 28.8 Å². The van der Waals surface area contributed by atoms with Crippen LogP contribution in [-0.4, -0.2) is 28.8 Å². The van der Waals surface area contributed by atoms with Gasteiger partial charge in [0.05, 0.1) is 11.3 Å². The number of hydrogen-bond acceptors (Lipinski definition) is 5. The number of nitrogens with zero attached hydrogens (tertiary/aromatic N) is 1. The summed E-state index contributed by atoms with van der Waals surface area (Å²) in [5.74, 6) is 1.26. The van der Waals surface area contributed by atoms with Gasteiger partial charge in [-0.3, -0.25) is 4.79 Å². The SMILES string of the molecule is Cc1noc(C)c1COc1ccc(C(=O)NC(C)C(C)CO)cc1. The normalized spacial score (nSPS) is 13.4. The van der Waals surface area contributed by atoms with Crippen molar-refractivity contribution in [2.45, 2.75) is 40.3 Å². The Labute approximate surface area is 141 Å². The van der Waals surface area contributed by atoms with Crippen molar-refractivity contribution in [3.05, 3.63) is 46.8 Å². The number of carbonyl (C=O) groups is 1. The number of rotatable bonds is 7. The Morgan fingerprint density at radius 3 is 2.50 bits per heavy atom. The van der Waals surface area contributed by atoms with Crippen LogP contribution in [0.25, 0.3) is 0 Å². The van der Waals surface area contributed by atoms with Crippen molar-refractivity contribution in [3.63, 3.8) is 0 Å². The molecule has 1 heterocycles. The van der Waals surface area contributed by atoms with Crippen molar-refractivity contribution < 1.29 is 19.2 Å². The average molecular weight is 332 g/mol. The van der Waals surface area contributed by atoms with Crippen LogP contribution in [0.5, 0.6) is 5.75 Å². The van der Waals surface area contributed by atoms with Gasteiger partial charge in [-0.1, -0.05) is 12.1 Å². The van der Waals surface area contributed by atoms with Gasteiger partial charge in [-0.25, -0.2) is 0 Å². The zero-order valence-corrected chi connectivity index (χ0v) is 14.5. The molecule has 2 atom stereocenters. The molecule has 2 N–H and O–H groups in total. The summed E-state index contributed by atoms with van der Waals surface area (Å²) >= 11 is 0. The van der Waals surface area contributed by atoms with E-state index in [4.69, 9.17) is 14.4 Å². The third-order valence-electron chi connectivity index (χ3n) is 4.18. The van der Waals surface area contributed by atoms with Crippen LogP contribution in [0.1, 0.15) is 41.2 Å². The molecule has 24 heavy (non-hydrogen) atoms. The molecular formula is C18H24N2O4. The number of aliphatic hydroxyl groups excluding tert-OH is 1. The quantitative estimate of drug-likeness (QED) is 0.814. The molecule has 6 nitrogen and oxygen atoms in total. The fourth-order valence-electron chi connectivity index (χ4n) is 2.16. The minimum absolute atomic E-state index is 0.00612. The van der Waals surface area contributed by atoms with Gasteiger partial charge in [0, 0.05) is 18.2 Å². The van der Waals surface area contributed by atoms with Gasteiger partial charge < -0.3 is 19.7 Å². The standard InChI is InChI=1S/C18H24N2O4/c1-11(9-21)12(2)19-18(22)15-5-7-16(8-6-15)23-10-17-13(3)20-24-14(17)4/h5-8,11-12,21H,9-10H2,1-4H3,(H,19,22). The molecule has 0 aliphatic rings. The van der Waals surface area contributed by atoms with Crippen LogP contribution in [0.4, 0.5) is 0 Å². The highest BCUT2D eigenvalue weighted by Gasteiger charge is 2.15. The first-order valence-corrected chi connectivity index (χ1v) is 7.98. The lowest BCUT2D eigenvalue weighted by Crippen LogP contribution is -2.38. The number of benzene rings is 1. The summed E-state index contributed by atoms with van der Waals surface area (Å²) < 4.78 is 10.8. The molecule has 0 bridgehead atoms. The lowest BCUT2D eigenvalue weighted by Gasteiger charge is -2.19. The minimum atomic E-state index is -0.167. The summed E-state index contributed by atoms with van der Waals surface area (Å²) in [6.07, 6.45) is 0. The minimum Gasteiger partial charge on any atom is -0.489 e. The summed E-state index contributed by atoms with van der Waals surface area (Å²) in [6.45, 7) is 7.89. The van der Waals surface area contributed by atoms with Gasteiger partial charge in [0.1, 0.15) is 18.1 Å². The molecule has 2 aromatic rings. The number of ether oxygens (including phenoxy) is 1. The summed E-state index contributed by atoms with van der Waals surface area (Å²) in [4.78, 5) is 12.2. The second-order valence-electron chi connectivity index (χ2n) is 6.04. The first kappa shape index (κ1) is 18.0. The van der Waals surface area contributed by atoms with E-state index in [1.165, 1.54) is 0 Å². The van der Waals surface area contributed by atoms with E-state index in [0.717, 1.165) is 17.0 Å². The van der Waals surface area contributed by atoms with Gasteiger partial charge in [0.2, 0.25) is 0 Å². The van der Waals surface area contributed by atoms with Crippen molar-refractivity contribution in [2.24, 2.45) is 5.92 Å². The molecule has 1 aromatic carbocycles. The zero-order valence-electron chi connectivity index (χ0n) is 14.5. The largest absolute Gasteiger partial charge is 0.489 e. The lowest BCUT2D eigenvalue weighted by atomic mass is 10.0. The highest BCUT2D eigenvalue weighted by Crippen LogP contribution is 2.18. The number of nitrogens with one attached hydrogen (secondary N) is 1. The van der Waals surface area contributed by atoms with Crippen molar-refractivity contribution in [1.29, 1.82) is 0 Å². The van der Waals surface area contributed by atoms with Gasteiger partial charge >= 0.3 is 0 Å². The lowest BCUT2D eigenvalue weighted by molar-refractivity contribution is 0.0916. The first-order valence-electron chi connectivity index (χ1n) is 7.98. The van der Waals surface area contributed by atoms with Gasteiger partial charge in [-0.2, -0.15) is 0 Å². The Morgan fingerprint density at radius 1 is 1.29 bits per heavy atom. The number of hydrogen-bond donors (Lipinski definition) is 2. The van der Waals surface area contributed by atoms with Crippen molar-refractivity contribution in [2.75, 3.05) is 6.61 Å². The fourth-order valence-corrected chi connectivity index (χ4v) is 2.16. The molecule has 6 heteroatoms. The summed E-state index contributed by atoms with van der Waals surface area (Å²) in [5.41, 5.74) is 2.30. The van der Waals surface area contributed by atoms with E-state index in [9.17, 15) is 4.79 Å². The van der Waals surface area contributed by atoms with Crippen molar-refractivity contribution in [3.8, 4) is 5.75 Å². The topological polar surface area (TPSA) is 84.6 Å². The van der Waals surface area contributed by atoms with Gasteiger partial charge in [0.15, 0.2) is 0 Å². The molecule has 0 aliphatic heterocycles. The molecule has 1 aromatic heterocycles. The third-order valence-corrected chi connectivity index (χ3v) is 4.18. The van der Waals surface area contributed by atoms with Crippen LogP contribution in [0.2, 0.25) is 0 Å². The van der Waals surface area contributed by atoms with Crippen LogP contribution in [-0.2, 0) is 6.61 Å². The van der Waals surface area contributed by atoms with Crippen molar-refractivity contribution >= 4 is 5.91 Å². The Morgan fingerprint density at radius 2 is 1.96 bits per heavy atom. The number of amides is 1. The van der Waals surface area contributed by atoms with Gasteiger partial charge in [-0.15, -0.1) is 0 Å². The molecule has 0 saturated carbocycles. The Kier molecular flexibility index (Phi) is 5.98. The maximum atomic E-state index is 12.2. The van der Waals surface area contributed by atoms with E-state index in [0.29, 0.717) is 17.9 Å². The van der Waals surface area contributed by atoms with Gasteiger partial charge in [-0.05, 0) is 51.0 Å². The molecule has 0 radical (unpaired) electrons. The van der Waals surface area contributed by atoms with E-state index >= 15 is 0 Å². The molecule has 130 valence electrons. The van der Waals surface area contributed by atoms with Crippen LogP contribution in [0.3, 0.4) is 0 Å². The maximum Gasteiger partial charge on any atom is 0.251 e. The molecule has 0 spiro atoms. The molecule has 2 rings (SSSR count). The zero-order chi connectivity index (χ0) is 17.7. The average Bonchev–Trinajstić information content (AvgIpc) is 2.90. The summed E-state index contributed by atoms with van der Waals surface area (Å²) in [5, 5.41) is 15.9. The second-order valence-corrected chi connectivity index (χ2v) is 6.04. The molecule has 0 saturated heterocycles. The third kappa shape index (κ3) is 4.35. The molecule has 1 amide bonds.